The van der Waals surface area contributed by atoms with E-state index in [4.69, 9.17) is 21.1 Å². The van der Waals surface area contributed by atoms with Gasteiger partial charge in [0.2, 0.25) is 0 Å². The summed E-state index contributed by atoms with van der Waals surface area (Å²) in [5.41, 5.74) is 9.47. The second-order valence-electron chi connectivity index (χ2n) is 17.6. The minimum Gasteiger partial charge on any atom is -0.456 e. The quantitative estimate of drug-likeness (QED) is 0.129. The molecule has 0 unspecified atom stereocenters. The van der Waals surface area contributed by atoms with Crippen molar-refractivity contribution in [2.24, 2.45) is 11.3 Å². The van der Waals surface area contributed by atoms with Crippen molar-refractivity contribution < 1.29 is 22.7 Å². The second-order valence-corrected chi connectivity index (χ2v) is 19.8. The molecule has 3 heterocycles. The number of hydrogen-bond donors (Lipinski definition) is 3. The molecule has 1 amide bonds. The van der Waals surface area contributed by atoms with Gasteiger partial charge in [0.15, 0.2) is 0 Å². The van der Waals surface area contributed by atoms with Gasteiger partial charge in [0, 0.05) is 87.1 Å². The number of fused-ring (bicyclic) bond motifs is 1. The third-order valence-corrected chi connectivity index (χ3v) is 14.3. The Morgan fingerprint density at radius 1 is 0.950 bits per heavy atom. The predicted octanol–water partition coefficient (Wildman–Crippen LogP) is 8.83. The van der Waals surface area contributed by atoms with Crippen LogP contribution in [0, 0.1) is 18.3 Å². The van der Waals surface area contributed by atoms with Crippen LogP contribution in [0.5, 0.6) is 11.5 Å². The summed E-state index contributed by atoms with van der Waals surface area (Å²) in [4.78, 5) is 18.9. The fourth-order valence-corrected chi connectivity index (χ4v) is 10.2. The predicted molar refractivity (Wildman–Crippen MR) is 241 cm³/mol. The first kappa shape index (κ1) is 42.3. The third-order valence-electron chi connectivity index (χ3n) is 12.7. The first-order chi connectivity index (χ1) is 28.9. The van der Waals surface area contributed by atoms with E-state index in [1.165, 1.54) is 23.1 Å². The molecule has 0 bridgehead atoms. The van der Waals surface area contributed by atoms with E-state index in [1.807, 2.05) is 43.3 Å². The highest BCUT2D eigenvalue weighted by atomic mass is 35.5. The number of nitrogens with zero attached hydrogens (tertiary/aromatic N) is 2. The molecule has 3 aliphatic heterocycles. The maximum Gasteiger partial charge on any atom is 0.268 e. The Balaban J connectivity index is 0.997. The summed E-state index contributed by atoms with van der Waals surface area (Å²) in [5, 5.41) is 7.65. The van der Waals surface area contributed by atoms with Crippen LogP contribution in [0.15, 0.2) is 89.3 Å². The maximum atomic E-state index is 14.0. The molecule has 0 spiro atoms. The van der Waals surface area contributed by atoms with Crippen LogP contribution >= 0.6 is 11.6 Å². The van der Waals surface area contributed by atoms with Gasteiger partial charge in [0.05, 0.1) is 10.5 Å². The number of rotatable bonds is 12. The molecule has 8 rings (SSSR count). The summed E-state index contributed by atoms with van der Waals surface area (Å²) in [6.07, 6.45) is 6.10. The molecule has 4 aromatic rings. The molecule has 0 atom stereocenters. The smallest absolute Gasteiger partial charge is 0.268 e. The van der Waals surface area contributed by atoms with Crippen molar-refractivity contribution in [2.45, 2.75) is 70.7 Å². The van der Waals surface area contributed by atoms with Crippen molar-refractivity contribution in [3.63, 3.8) is 0 Å². The van der Waals surface area contributed by atoms with Gasteiger partial charge >= 0.3 is 0 Å². The van der Waals surface area contributed by atoms with Crippen molar-refractivity contribution in [3.8, 4) is 11.5 Å². The topological polar surface area (TPSA) is 112 Å². The third kappa shape index (κ3) is 10.0. The summed E-state index contributed by atoms with van der Waals surface area (Å²) in [7, 11) is -4.20. The SMILES string of the molecule is Cc1cc(S(=O)(=O)NC(=O)c2ccc(N3CCN(CC4=C(c5ccc(Cl)cc5)CC(C)(C)CC4)CC3)cc2Oc2cccc3c2CCNC3)ccc1NCC1CCOCC1. The summed E-state index contributed by atoms with van der Waals surface area (Å²) in [6, 6.07) is 24.7. The normalized spacial score (nSPS) is 18.8. The van der Waals surface area contributed by atoms with E-state index in [9.17, 15) is 13.2 Å². The van der Waals surface area contributed by atoms with Gasteiger partial charge in [-0.05, 0) is 134 Å². The lowest BCUT2D eigenvalue weighted by Gasteiger charge is -2.39. The Morgan fingerprint density at radius 2 is 1.73 bits per heavy atom. The van der Waals surface area contributed by atoms with Crippen molar-refractivity contribution >= 4 is 44.5 Å². The molecule has 4 aromatic carbocycles. The van der Waals surface area contributed by atoms with Crippen LogP contribution in [0.4, 0.5) is 11.4 Å². The summed E-state index contributed by atoms with van der Waals surface area (Å²) in [5.74, 6) is 0.764. The number of allylic oxidation sites excluding steroid dienone is 1. The number of hydrogen-bond acceptors (Lipinski definition) is 9. The summed E-state index contributed by atoms with van der Waals surface area (Å²) in [6.45, 7) is 14.8. The molecule has 10 nitrogen and oxygen atoms in total. The largest absolute Gasteiger partial charge is 0.456 e. The van der Waals surface area contributed by atoms with Gasteiger partial charge in [-0.25, -0.2) is 13.1 Å². The van der Waals surface area contributed by atoms with Gasteiger partial charge in [0.25, 0.3) is 15.9 Å². The number of piperazine rings is 1. The number of carbonyl (C=O) groups excluding carboxylic acids is 1. The Kier molecular flexibility index (Phi) is 12.9. The molecule has 2 fully saturated rings. The number of ether oxygens (including phenoxy) is 2. The Morgan fingerprint density at radius 3 is 2.50 bits per heavy atom. The number of nitrogens with one attached hydrogen (secondary N) is 3. The maximum absolute atomic E-state index is 14.0. The molecule has 60 heavy (non-hydrogen) atoms. The number of aryl methyl sites for hydroxylation is 1. The summed E-state index contributed by atoms with van der Waals surface area (Å²) < 4.78 is 42.0. The lowest BCUT2D eigenvalue weighted by molar-refractivity contribution is 0.0699. The molecule has 0 radical (unpaired) electrons. The minimum atomic E-state index is -4.20. The van der Waals surface area contributed by atoms with E-state index in [-0.39, 0.29) is 15.9 Å². The van der Waals surface area contributed by atoms with E-state index < -0.39 is 15.9 Å². The average Bonchev–Trinajstić information content (AvgIpc) is 3.24. The number of halogens is 1. The van der Waals surface area contributed by atoms with Crippen LogP contribution in [-0.2, 0) is 27.7 Å². The first-order valence-corrected chi connectivity index (χ1v) is 23.3. The molecular weight excluding hydrogens is 794 g/mol. The first-order valence-electron chi connectivity index (χ1n) is 21.5. The molecule has 1 aliphatic carbocycles. The minimum absolute atomic E-state index is 0.0274. The Bertz CT molecular complexity index is 2330. The molecule has 12 heteroatoms. The van der Waals surface area contributed by atoms with Crippen LogP contribution < -0.4 is 25.0 Å². The van der Waals surface area contributed by atoms with Gasteiger partial charge in [0.1, 0.15) is 11.5 Å². The van der Waals surface area contributed by atoms with Gasteiger partial charge in [-0.1, -0.05) is 55.3 Å². The number of anilines is 2. The molecule has 0 aromatic heterocycles. The zero-order valence-corrected chi connectivity index (χ0v) is 36.7. The van der Waals surface area contributed by atoms with Gasteiger partial charge < -0.3 is 25.0 Å². The molecule has 0 saturated carbocycles. The second kappa shape index (κ2) is 18.3. The Labute approximate surface area is 360 Å². The van der Waals surface area contributed by atoms with Crippen molar-refractivity contribution in [3.05, 3.63) is 117 Å². The number of carbonyl (C=O) groups is 1. The monoisotopic (exact) mass is 851 g/mol. The number of benzene rings is 4. The van der Waals surface area contributed by atoms with E-state index in [2.05, 4.69) is 57.2 Å². The lowest BCUT2D eigenvalue weighted by atomic mass is 9.72. The van der Waals surface area contributed by atoms with Crippen molar-refractivity contribution in [1.29, 1.82) is 0 Å². The van der Waals surface area contributed by atoms with E-state index in [1.54, 1.807) is 24.3 Å². The zero-order chi connectivity index (χ0) is 41.9. The molecule has 4 aliphatic rings. The highest BCUT2D eigenvalue weighted by molar-refractivity contribution is 7.90. The number of amides is 1. The highest BCUT2D eigenvalue weighted by Crippen LogP contribution is 2.43. The van der Waals surface area contributed by atoms with Crippen LogP contribution in [-0.4, -0.2) is 78.3 Å². The summed E-state index contributed by atoms with van der Waals surface area (Å²) >= 11 is 6.26. The Hall–Kier alpha value is -4.39. The molecule has 3 N–H and O–H groups in total. The standard InChI is InChI=1S/C48H58ClN5O5S/c1-33-27-40(12-14-44(33)51-30-34-17-25-58-26-18-34)60(56,57)52-47(55)42-13-11-39(28-46(42)59-45-6-4-5-36-31-50-20-16-41(36)45)54-23-21-53(22-24-54)32-37-15-19-48(2,3)29-43(37)35-7-9-38(49)10-8-35/h4-14,27-28,34,50-51H,15-26,29-32H2,1-3H3,(H,52,55). The zero-order valence-electron chi connectivity index (χ0n) is 35.1. The van der Waals surface area contributed by atoms with Gasteiger partial charge in [-0.3, -0.25) is 9.69 Å². The van der Waals surface area contributed by atoms with Crippen LogP contribution in [0.1, 0.15) is 78.6 Å². The highest BCUT2D eigenvalue weighted by Gasteiger charge is 2.30. The van der Waals surface area contributed by atoms with Crippen molar-refractivity contribution in [1.82, 2.24) is 14.9 Å². The fourth-order valence-electron chi connectivity index (χ4n) is 9.03. The molecule has 318 valence electrons. The van der Waals surface area contributed by atoms with Gasteiger partial charge in [-0.2, -0.15) is 0 Å². The molecule has 2 saturated heterocycles. The van der Waals surface area contributed by atoms with Gasteiger partial charge in [-0.15, -0.1) is 0 Å². The van der Waals surface area contributed by atoms with E-state index in [0.717, 1.165) is 131 Å². The average molecular weight is 853 g/mol. The van der Waals surface area contributed by atoms with Crippen LogP contribution in [0.2, 0.25) is 5.02 Å². The van der Waals surface area contributed by atoms with Crippen LogP contribution in [0.25, 0.3) is 5.57 Å². The van der Waals surface area contributed by atoms with E-state index in [0.29, 0.717) is 17.4 Å². The number of sulfonamides is 1. The lowest BCUT2D eigenvalue weighted by Crippen LogP contribution is -2.47. The van der Waals surface area contributed by atoms with Crippen molar-refractivity contribution in [2.75, 3.05) is 69.2 Å². The van der Waals surface area contributed by atoms with E-state index >= 15 is 0 Å². The van der Waals surface area contributed by atoms with Crippen LogP contribution in [0.3, 0.4) is 0 Å². The fraction of sp³-hybridized carbons (Fsp3) is 0.438. The molecular formula is C48H58ClN5O5S.